The maximum atomic E-state index is 3.52. The van der Waals surface area contributed by atoms with E-state index in [-0.39, 0.29) is 7.43 Å². The summed E-state index contributed by atoms with van der Waals surface area (Å²) in [4.78, 5) is 2.64. The van der Waals surface area contributed by atoms with E-state index in [0.717, 1.165) is 17.9 Å². The summed E-state index contributed by atoms with van der Waals surface area (Å²) < 4.78 is 0. The molecule has 0 aliphatic carbocycles. The molecule has 2 aliphatic heterocycles. The standard InChI is InChI=1S/C12H23N2.CH3.Lr/c1-9(2)14-5-4-11-7-13-10(3)6-12(11)8-14;;/h9,11-13H,4-8H2,1-3H3;1H3;/q2*-1;/t11-,12-;;/m0../s1. The van der Waals surface area contributed by atoms with Crippen LogP contribution in [0.1, 0.15) is 33.6 Å². The fraction of sp³-hybridized carbons (Fsp3) is 0.846. The van der Waals surface area contributed by atoms with Crippen molar-refractivity contribution in [3.8, 4) is 0 Å². The van der Waals surface area contributed by atoms with Gasteiger partial charge in [-0.3, -0.25) is 6.04 Å². The number of hydrogen-bond donors (Lipinski definition) is 1. The van der Waals surface area contributed by atoms with Gasteiger partial charge in [-0.1, -0.05) is 5.92 Å². The maximum Gasteiger partial charge on any atom is 0.00386 e. The van der Waals surface area contributed by atoms with Crippen molar-refractivity contribution in [1.29, 1.82) is 0 Å². The average Bonchev–Trinajstić information content (AvgIpc) is 2.16. The molecule has 2 fully saturated rings. The van der Waals surface area contributed by atoms with Gasteiger partial charge in [-0.15, -0.1) is 0 Å². The van der Waals surface area contributed by atoms with Crippen LogP contribution in [-0.4, -0.2) is 30.6 Å². The molecule has 16 heavy (non-hydrogen) atoms. The van der Waals surface area contributed by atoms with Crippen molar-refractivity contribution in [2.45, 2.75) is 39.7 Å². The van der Waals surface area contributed by atoms with E-state index < -0.39 is 0 Å². The van der Waals surface area contributed by atoms with Gasteiger partial charge < -0.3 is 17.6 Å². The summed E-state index contributed by atoms with van der Waals surface area (Å²) in [5, 5.41) is 3.52. The van der Waals surface area contributed by atoms with E-state index in [0.29, 0.717) is 0 Å². The number of rotatable bonds is 1. The molecule has 2 nitrogen and oxygen atoms in total. The van der Waals surface area contributed by atoms with Gasteiger partial charge in [0.15, 0.2) is 0 Å². The molecule has 2 heterocycles. The minimum absolute atomic E-state index is 0. The van der Waals surface area contributed by atoms with Crippen molar-refractivity contribution < 1.29 is 0 Å². The summed E-state index contributed by atoms with van der Waals surface area (Å²) in [7, 11) is 0. The third kappa shape index (κ3) is 2.96. The van der Waals surface area contributed by atoms with E-state index in [1.807, 2.05) is 0 Å². The van der Waals surface area contributed by atoms with Gasteiger partial charge in [0.1, 0.15) is 0 Å². The summed E-state index contributed by atoms with van der Waals surface area (Å²) in [5.74, 6) is 1.86. The van der Waals surface area contributed by atoms with Crippen LogP contribution in [0.3, 0.4) is 0 Å². The van der Waals surface area contributed by atoms with Crippen molar-refractivity contribution >= 4 is 0 Å². The normalized spacial score (nSPS) is 31.5. The first-order chi connectivity index (χ1) is 6.66. The van der Waals surface area contributed by atoms with Gasteiger partial charge in [0.25, 0.3) is 0 Å². The molecule has 2 saturated heterocycles. The Kier molecular flexibility index (Phi) is 5.46. The van der Waals surface area contributed by atoms with E-state index in [1.165, 1.54) is 38.5 Å². The third-order valence-electron chi connectivity index (χ3n) is 3.89. The Hall–Kier alpha value is -1.08. The summed E-state index contributed by atoms with van der Waals surface area (Å²) in [6.07, 6.45) is 2.69. The Bertz CT molecular complexity index is 196. The minimum Gasteiger partial charge on any atom is -0.467 e. The number of piperidine rings is 2. The van der Waals surface area contributed by atoms with Crippen LogP contribution in [0, 0.1) is 25.3 Å². The van der Waals surface area contributed by atoms with Crippen LogP contribution in [0.5, 0.6) is 0 Å². The molecule has 1 N–H and O–H groups in total. The minimum atomic E-state index is 0. The maximum absolute atomic E-state index is 3.52. The number of likely N-dealkylation sites (tertiary alicyclic amines) is 1. The second kappa shape index (κ2) is 5.86. The van der Waals surface area contributed by atoms with Crippen molar-refractivity contribution in [3.63, 3.8) is 0 Å². The molecule has 0 saturated carbocycles. The Labute approximate surface area is 95.4 Å². The molecule has 0 aromatic rings. The third-order valence-corrected chi connectivity index (χ3v) is 3.89. The summed E-state index contributed by atoms with van der Waals surface area (Å²) in [6, 6.07) is 2.22. The summed E-state index contributed by atoms with van der Waals surface area (Å²) >= 11 is 0. The van der Waals surface area contributed by atoms with E-state index in [9.17, 15) is 0 Å². The topological polar surface area (TPSA) is 15.3 Å². The van der Waals surface area contributed by atoms with Crippen LogP contribution in [0.2, 0.25) is 0 Å². The summed E-state index contributed by atoms with van der Waals surface area (Å²) in [5.41, 5.74) is 0. The van der Waals surface area contributed by atoms with E-state index >= 15 is 0 Å². The Morgan fingerprint density at radius 2 is 2.00 bits per heavy atom. The molecule has 1 radical (unpaired) electrons. The van der Waals surface area contributed by atoms with Crippen molar-refractivity contribution in [1.82, 2.24) is 10.2 Å². The Morgan fingerprint density at radius 1 is 1.31 bits per heavy atom. The molecule has 2 aliphatic rings. The molecule has 105 valence electrons. The zero-order valence-corrected chi connectivity index (χ0v) is 13.1. The molecule has 0 amide bonds. The number of nitrogens with one attached hydrogen (secondary N) is 1. The predicted octanol–water partition coefficient (Wildman–Crippen LogP) is 2.33. The van der Waals surface area contributed by atoms with Gasteiger partial charge in [0.05, 0.1) is 0 Å². The molecular formula is C13H26LrN2-2. The SMILES string of the molecule is C[C-]1C[C@H]2CN(C(C)C)CC[C@H]2CN1.[CH3-].[Lr]. The number of fused-ring (bicyclic) bond motifs is 1. The van der Waals surface area contributed by atoms with Crippen molar-refractivity contribution in [2.24, 2.45) is 11.8 Å². The van der Waals surface area contributed by atoms with Crippen LogP contribution in [0.15, 0.2) is 0 Å². The molecule has 2 atom stereocenters. The fourth-order valence-corrected chi connectivity index (χ4v) is 2.85. The number of nitrogens with zero attached hydrogens (tertiary/aromatic N) is 1. The van der Waals surface area contributed by atoms with Gasteiger partial charge in [-0.2, -0.15) is 13.3 Å². The monoisotopic (exact) mass is 472 g/mol. The van der Waals surface area contributed by atoms with Gasteiger partial charge in [0.2, 0.25) is 0 Å². The van der Waals surface area contributed by atoms with E-state index in [4.69, 9.17) is 0 Å². The van der Waals surface area contributed by atoms with Crippen LogP contribution in [-0.2, 0) is 0 Å². The molecule has 0 bridgehead atoms. The fourth-order valence-electron chi connectivity index (χ4n) is 2.85. The zero-order chi connectivity index (χ0) is 10.1. The molecule has 3 heteroatoms. The molecule has 0 aromatic carbocycles. The first kappa shape index (κ1) is 14.9. The van der Waals surface area contributed by atoms with E-state index in [2.05, 4.69) is 31.0 Å². The van der Waals surface area contributed by atoms with Gasteiger partial charge in [0, 0.05) is 6.04 Å². The van der Waals surface area contributed by atoms with Crippen LogP contribution in [0.4, 0.5) is 0 Å². The first-order valence-corrected chi connectivity index (χ1v) is 5.97. The number of hydrogen-bond acceptors (Lipinski definition) is 2. The summed E-state index contributed by atoms with van der Waals surface area (Å²) in [6.45, 7) is 10.7. The largest absolute Gasteiger partial charge is 0.467 e. The van der Waals surface area contributed by atoms with Gasteiger partial charge in [-0.05, 0) is 45.8 Å². The zero-order valence-electron chi connectivity index (χ0n) is 11.0. The van der Waals surface area contributed by atoms with Crippen LogP contribution in [0.25, 0.3) is 0 Å². The van der Waals surface area contributed by atoms with Crippen molar-refractivity contribution in [3.05, 3.63) is 13.5 Å². The van der Waals surface area contributed by atoms with E-state index in [1.54, 1.807) is 0 Å². The smallest absolute Gasteiger partial charge is 0.00386 e. The second-order valence-electron chi connectivity index (χ2n) is 5.26. The molecule has 2 rings (SSSR count). The predicted molar refractivity (Wildman–Crippen MR) is 66.3 cm³/mol. The second-order valence-corrected chi connectivity index (χ2v) is 5.26. The molecule has 0 spiro atoms. The van der Waals surface area contributed by atoms with Crippen LogP contribution < -0.4 is 5.32 Å². The van der Waals surface area contributed by atoms with Gasteiger partial charge in [-0.25, -0.2) is 0 Å². The molecule has 0 unspecified atom stereocenters. The average molecular weight is 472 g/mol. The quantitative estimate of drug-likeness (QED) is 0.590. The van der Waals surface area contributed by atoms with Crippen molar-refractivity contribution in [2.75, 3.05) is 19.6 Å². The first-order valence-electron chi connectivity index (χ1n) is 5.97. The van der Waals surface area contributed by atoms with Gasteiger partial charge >= 0.3 is 0 Å². The van der Waals surface area contributed by atoms with Crippen LogP contribution >= 0.6 is 0 Å². The Morgan fingerprint density at radius 3 is 2.62 bits per heavy atom. The Balaban J connectivity index is 0.00000112. The molecule has 0 aromatic heterocycles. The molecular weight excluding hydrogens is 446 g/mol.